The number of cyclic esters (lactones) is 2. The Hall–Kier alpha value is -2.49. The SMILES string of the molecule is C.C.C.C.C.C.CC1C(=O)OC(=O)C1C1C2CC(C(C(=O)O)C2C(=O)O)C1C1C2CC(C(=O)OCCCO)C(C2)C1C. The monoisotopic (exact) mass is 602 g/mol. The molecule has 246 valence electrons. The molecule has 0 aromatic carbocycles. The molecule has 0 aromatic heterocycles. The summed E-state index contributed by atoms with van der Waals surface area (Å²) in [7, 11) is 0. The lowest BCUT2D eigenvalue weighted by atomic mass is 9.55. The number of carbonyl (C=O) groups is 5. The van der Waals surface area contributed by atoms with Crippen molar-refractivity contribution in [3.63, 3.8) is 0 Å². The van der Waals surface area contributed by atoms with Crippen molar-refractivity contribution in [2.75, 3.05) is 13.2 Å². The Morgan fingerprint density at radius 1 is 0.786 bits per heavy atom. The Labute approximate surface area is 252 Å². The number of carboxylic acids is 2. The molecular weight excluding hydrogens is 544 g/mol. The molecule has 5 fully saturated rings. The number of carbonyl (C=O) groups excluding carboxylic acids is 3. The second-order valence-corrected chi connectivity index (χ2v) is 11.7. The first-order valence-corrected chi connectivity index (χ1v) is 13.1. The quantitative estimate of drug-likeness (QED) is 0.190. The van der Waals surface area contributed by atoms with Gasteiger partial charge >= 0.3 is 29.8 Å². The van der Waals surface area contributed by atoms with E-state index in [1.54, 1.807) is 6.92 Å². The van der Waals surface area contributed by atoms with Gasteiger partial charge in [-0.3, -0.25) is 24.0 Å². The minimum absolute atomic E-state index is 0. The zero-order chi connectivity index (χ0) is 26.0. The molecule has 4 bridgehead atoms. The average Bonchev–Trinajstić information content (AvgIpc) is 3.60. The van der Waals surface area contributed by atoms with Crippen LogP contribution in [0.1, 0.15) is 84.1 Å². The van der Waals surface area contributed by atoms with Gasteiger partial charge in [0.1, 0.15) is 0 Å². The lowest BCUT2D eigenvalue weighted by Crippen LogP contribution is -2.50. The Balaban J connectivity index is 0. The van der Waals surface area contributed by atoms with E-state index in [-0.39, 0.29) is 99.3 Å². The maximum Gasteiger partial charge on any atom is 0.317 e. The Kier molecular flexibility index (Phi) is 15.2. The van der Waals surface area contributed by atoms with Gasteiger partial charge in [-0.15, -0.1) is 0 Å². The summed E-state index contributed by atoms with van der Waals surface area (Å²) in [4.78, 5) is 62.3. The van der Waals surface area contributed by atoms with Gasteiger partial charge in [0.25, 0.3) is 0 Å². The normalized spacial score (nSPS) is 40.1. The summed E-state index contributed by atoms with van der Waals surface area (Å²) in [6, 6.07) is 0. The molecule has 42 heavy (non-hydrogen) atoms. The van der Waals surface area contributed by atoms with Crippen LogP contribution in [-0.4, -0.2) is 58.4 Å². The van der Waals surface area contributed by atoms with Crippen molar-refractivity contribution in [3.8, 4) is 0 Å². The first-order valence-electron chi connectivity index (χ1n) is 13.1. The van der Waals surface area contributed by atoms with Crippen molar-refractivity contribution in [3.05, 3.63) is 0 Å². The fraction of sp³-hybridized carbons (Fsp3) is 0.844. The van der Waals surface area contributed by atoms with E-state index in [9.17, 15) is 34.2 Å². The molecular formula is C32H58O10. The molecule has 4 saturated carbocycles. The summed E-state index contributed by atoms with van der Waals surface area (Å²) < 4.78 is 10.3. The van der Waals surface area contributed by atoms with Crippen LogP contribution < -0.4 is 0 Å². The van der Waals surface area contributed by atoms with Crippen LogP contribution >= 0.6 is 0 Å². The van der Waals surface area contributed by atoms with Gasteiger partial charge in [-0.1, -0.05) is 58.4 Å². The number of hydrogen-bond acceptors (Lipinski definition) is 8. The van der Waals surface area contributed by atoms with E-state index in [2.05, 4.69) is 6.92 Å². The predicted molar refractivity (Wildman–Crippen MR) is 160 cm³/mol. The van der Waals surface area contributed by atoms with Crippen LogP contribution in [0.5, 0.6) is 0 Å². The molecule has 13 unspecified atom stereocenters. The highest BCUT2D eigenvalue weighted by Gasteiger charge is 2.70. The largest absolute Gasteiger partial charge is 0.481 e. The molecule has 1 saturated heterocycles. The highest BCUT2D eigenvalue weighted by atomic mass is 16.6. The van der Waals surface area contributed by atoms with Crippen molar-refractivity contribution in [2.24, 2.45) is 76.9 Å². The first-order chi connectivity index (χ1) is 17.1. The van der Waals surface area contributed by atoms with Crippen LogP contribution in [0.15, 0.2) is 0 Å². The lowest BCUT2D eigenvalue weighted by Gasteiger charge is -2.47. The summed E-state index contributed by atoms with van der Waals surface area (Å²) in [6.07, 6.45) is 2.20. The Morgan fingerprint density at radius 2 is 1.33 bits per heavy atom. The van der Waals surface area contributed by atoms with Crippen LogP contribution in [0, 0.1) is 76.9 Å². The Bertz CT molecular complexity index is 976. The third kappa shape index (κ3) is 6.10. The van der Waals surface area contributed by atoms with Crippen LogP contribution in [0.25, 0.3) is 0 Å². The standard InChI is InChI=1S/C26H34O10.6CH4/c1-9-12-6-11(7-13(12)25(33)35-5-3-4-27)16(9)18-14-8-15(21(23(30)31)20(14)22(28)29)19(18)17-10(2)24(32)36-26(17)34;;;;;;/h9-21,27H,3-8H2,1-2H3,(H,28,29)(H,30,31);6*1H4. The van der Waals surface area contributed by atoms with Crippen molar-refractivity contribution >= 4 is 29.8 Å². The highest BCUT2D eigenvalue weighted by molar-refractivity contribution is 5.96. The third-order valence-corrected chi connectivity index (χ3v) is 10.4. The summed E-state index contributed by atoms with van der Waals surface area (Å²) in [5, 5.41) is 29.0. The molecule has 0 amide bonds. The van der Waals surface area contributed by atoms with Gasteiger partial charge < -0.3 is 24.8 Å². The van der Waals surface area contributed by atoms with E-state index in [1.807, 2.05) is 0 Å². The molecule has 10 nitrogen and oxygen atoms in total. The van der Waals surface area contributed by atoms with Gasteiger partial charge in [0.2, 0.25) is 0 Å². The number of aliphatic hydroxyl groups excluding tert-OH is 1. The van der Waals surface area contributed by atoms with Crippen LogP contribution in [-0.2, 0) is 33.4 Å². The fourth-order valence-corrected chi connectivity index (χ4v) is 9.33. The average molecular weight is 603 g/mol. The number of esters is 3. The van der Waals surface area contributed by atoms with E-state index < -0.39 is 65.3 Å². The minimum atomic E-state index is -1.17. The number of aliphatic carboxylic acids is 2. The fourth-order valence-electron chi connectivity index (χ4n) is 9.33. The molecule has 0 spiro atoms. The second-order valence-electron chi connectivity index (χ2n) is 11.7. The van der Waals surface area contributed by atoms with Crippen LogP contribution in [0.2, 0.25) is 0 Å². The highest BCUT2D eigenvalue weighted by Crippen LogP contribution is 2.69. The third-order valence-electron chi connectivity index (χ3n) is 10.4. The second kappa shape index (κ2) is 15.3. The van der Waals surface area contributed by atoms with Gasteiger partial charge in [0.05, 0.1) is 36.2 Å². The van der Waals surface area contributed by atoms with Crippen molar-refractivity contribution in [2.45, 2.75) is 84.1 Å². The number of aliphatic hydroxyl groups is 1. The number of fused-ring (bicyclic) bond motifs is 4. The Morgan fingerprint density at radius 3 is 1.79 bits per heavy atom. The lowest BCUT2D eigenvalue weighted by molar-refractivity contribution is -0.164. The predicted octanol–water partition coefficient (Wildman–Crippen LogP) is 5.26. The molecule has 10 heteroatoms. The van der Waals surface area contributed by atoms with E-state index >= 15 is 0 Å². The van der Waals surface area contributed by atoms with Crippen LogP contribution in [0.3, 0.4) is 0 Å². The molecule has 1 heterocycles. The summed E-state index contributed by atoms with van der Waals surface area (Å²) >= 11 is 0. The van der Waals surface area contributed by atoms with Gasteiger partial charge in [0.15, 0.2) is 0 Å². The van der Waals surface area contributed by atoms with Gasteiger partial charge in [-0.25, -0.2) is 0 Å². The molecule has 13 atom stereocenters. The van der Waals surface area contributed by atoms with Crippen molar-refractivity contribution < 1.29 is 48.8 Å². The van der Waals surface area contributed by atoms with Gasteiger partial charge in [0, 0.05) is 13.0 Å². The molecule has 5 rings (SSSR count). The number of rotatable bonds is 8. The molecule has 0 radical (unpaired) electrons. The first kappa shape index (κ1) is 41.6. The number of ether oxygens (including phenoxy) is 2. The summed E-state index contributed by atoms with van der Waals surface area (Å²) in [6.45, 7) is 3.81. The van der Waals surface area contributed by atoms with E-state index in [4.69, 9.17) is 14.6 Å². The van der Waals surface area contributed by atoms with Gasteiger partial charge in [-0.05, 0) is 66.6 Å². The molecule has 0 aromatic rings. The maximum atomic E-state index is 12.8. The van der Waals surface area contributed by atoms with E-state index in [0.717, 1.165) is 6.42 Å². The van der Waals surface area contributed by atoms with E-state index in [1.165, 1.54) is 0 Å². The zero-order valence-corrected chi connectivity index (χ0v) is 20.4. The van der Waals surface area contributed by atoms with Crippen molar-refractivity contribution in [1.29, 1.82) is 0 Å². The molecule has 1 aliphatic heterocycles. The number of carboxylic acid groups (broad SMARTS) is 2. The smallest absolute Gasteiger partial charge is 0.317 e. The van der Waals surface area contributed by atoms with Gasteiger partial charge in [-0.2, -0.15) is 0 Å². The zero-order valence-electron chi connectivity index (χ0n) is 20.4. The topological polar surface area (TPSA) is 164 Å². The van der Waals surface area contributed by atoms with E-state index in [0.29, 0.717) is 19.3 Å². The molecule has 5 aliphatic rings. The molecule has 3 N–H and O–H groups in total. The maximum absolute atomic E-state index is 12.8. The van der Waals surface area contributed by atoms with Crippen molar-refractivity contribution in [1.82, 2.24) is 0 Å². The van der Waals surface area contributed by atoms with Crippen LogP contribution in [0.4, 0.5) is 0 Å². The molecule has 4 aliphatic carbocycles. The number of hydrogen-bond donors (Lipinski definition) is 3. The minimum Gasteiger partial charge on any atom is -0.481 e. The summed E-state index contributed by atoms with van der Waals surface area (Å²) in [5.74, 6) is -8.99. The summed E-state index contributed by atoms with van der Waals surface area (Å²) in [5.41, 5.74) is 0.